The standard InChI is InChI=1S/C12H14Br2FN/c13-7-12-2-1-3-16(12)8-9-4-10(14)6-11(15)5-9/h4-6,12H,1-3,7-8H2. The summed E-state index contributed by atoms with van der Waals surface area (Å²) in [5, 5.41) is 1.00. The molecule has 0 radical (unpaired) electrons. The van der Waals surface area contributed by atoms with Crippen molar-refractivity contribution in [3.05, 3.63) is 34.1 Å². The van der Waals surface area contributed by atoms with Crippen LogP contribution in [0.25, 0.3) is 0 Å². The van der Waals surface area contributed by atoms with E-state index >= 15 is 0 Å². The summed E-state index contributed by atoms with van der Waals surface area (Å²) in [7, 11) is 0. The second-order valence-corrected chi connectivity index (χ2v) is 5.76. The van der Waals surface area contributed by atoms with Gasteiger partial charge in [-0.15, -0.1) is 0 Å². The van der Waals surface area contributed by atoms with E-state index in [0.29, 0.717) is 6.04 Å². The molecule has 0 aliphatic carbocycles. The predicted octanol–water partition coefficient (Wildman–Crippen LogP) is 3.95. The Balaban J connectivity index is 2.08. The van der Waals surface area contributed by atoms with E-state index < -0.39 is 0 Å². The zero-order valence-electron chi connectivity index (χ0n) is 8.93. The Hall–Kier alpha value is 0.0700. The summed E-state index contributed by atoms with van der Waals surface area (Å²) in [5.74, 6) is -0.168. The molecule has 1 aromatic carbocycles. The second kappa shape index (κ2) is 5.61. The van der Waals surface area contributed by atoms with E-state index in [9.17, 15) is 4.39 Å². The van der Waals surface area contributed by atoms with Gasteiger partial charge in [0, 0.05) is 22.4 Å². The summed E-state index contributed by atoms with van der Waals surface area (Å²) in [4.78, 5) is 2.41. The maximum absolute atomic E-state index is 13.2. The molecule has 1 heterocycles. The molecule has 1 aromatic rings. The molecule has 16 heavy (non-hydrogen) atoms. The molecule has 4 heteroatoms. The van der Waals surface area contributed by atoms with Gasteiger partial charge in [-0.1, -0.05) is 31.9 Å². The van der Waals surface area contributed by atoms with Gasteiger partial charge < -0.3 is 0 Å². The van der Waals surface area contributed by atoms with E-state index in [-0.39, 0.29) is 5.82 Å². The Morgan fingerprint density at radius 2 is 2.19 bits per heavy atom. The number of nitrogens with zero attached hydrogens (tertiary/aromatic N) is 1. The molecule has 1 unspecified atom stereocenters. The fraction of sp³-hybridized carbons (Fsp3) is 0.500. The number of alkyl halides is 1. The van der Waals surface area contributed by atoms with Crippen molar-refractivity contribution < 1.29 is 4.39 Å². The first-order chi connectivity index (χ1) is 7.69. The highest BCUT2D eigenvalue weighted by molar-refractivity contribution is 9.10. The van der Waals surface area contributed by atoms with Gasteiger partial charge in [-0.25, -0.2) is 4.39 Å². The van der Waals surface area contributed by atoms with Gasteiger partial charge in [0.25, 0.3) is 0 Å². The molecule has 1 aliphatic rings. The molecule has 0 amide bonds. The lowest BCUT2D eigenvalue weighted by molar-refractivity contribution is 0.264. The summed E-state index contributed by atoms with van der Waals surface area (Å²) in [5.41, 5.74) is 1.04. The smallest absolute Gasteiger partial charge is 0.124 e. The Bertz CT molecular complexity index is 350. The first-order valence-electron chi connectivity index (χ1n) is 5.44. The topological polar surface area (TPSA) is 3.24 Å². The molecule has 1 nitrogen and oxygen atoms in total. The minimum atomic E-state index is -0.168. The molecule has 0 saturated carbocycles. The molecule has 2 rings (SSSR count). The number of rotatable bonds is 3. The lowest BCUT2D eigenvalue weighted by Crippen LogP contribution is -2.29. The molecule has 0 N–H and O–H groups in total. The van der Waals surface area contributed by atoms with Crippen LogP contribution in [0.3, 0.4) is 0 Å². The van der Waals surface area contributed by atoms with Crippen molar-refractivity contribution in [2.75, 3.05) is 11.9 Å². The molecular formula is C12H14Br2FN. The first kappa shape index (κ1) is 12.5. The predicted molar refractivity (Wildman–Crippen MR) is 71.3 cm³/mol. The number of benzene rings is 1. The largest absolute Gasteiger partial charge is 0.295 e. The normalized spacial score (nSPS) is 21.6. The Labute approximate surface area is 112 Å². The van der Waals surface area contributed by atoms with Crippen LogP contribution in [-0.2, 0) is 6.54 Å². The van der Waals surface area contributed by atoms with Crippen molar-refractivity contribution in [3.63, 3.8) is 0 Å². The molecular weight excluding hydrogens is 337 g/mol. The monoisotopic (exact) mass is 349 g/mol. The second-order valence-electron chi connectivity index (χ2n) is 4.20. The number of likely N-dealkylation sites (tertiary alicyclic amines) is 1. The van der Waals surface area contributed by atoms with Crippen molar-refractivity contribution in [2.24, 2.45) is 0 Å². The maximum atomic E-state index is 13.2. The fourth-order valence-corrected chi connectivity index (χ4v) is 3.46. The Morgan fingerprint density at radius 3 is 2.88 bits per heavy atom. The van der Waals surface area contributed by atoms with Crippen LogP contribution in [0, 0.1) is 5.82 Å². The van der Waals surface area contributed by atoms with E-state index in [0.717, 1.165) is 28.5 Å². The van der Waals surface area contributed by atoms with E-state index in [1.807, 2.05) is 6.07 Å². The highest BCUT2D eigenvalue weighted by atomic mass is 79.9. The van der Waals surface area contributed by atoms with Gasteiger partial charge in [0.05, 0.1) is 0 Å². The van der Waals surface area contributed by atoms with Gasteiger partial charge in [0.1, 0.15) is 5.82 Å². The maximum Gasteiger partial charge on any atom is 0.124 e. The van der Waals surface area contributed by atoms with Gasteiger partial charge >= 0.3 is 0 Å². The van der Waals surface area contributed by atoms with E-state index in [1.165, 1.54) is 18.9 Å². The highest BCUT2D eigenvalue weighted by Crippen LogP contribution is 2.23. The number of halogens is 3. The van der Waals surface area contributed by atoms with Crippen LogP contribution in [0.2, 0.25) is 0 Å². The van der Waals surface area contributed by atoms with Crippen molar-refractivity contribution in [1.82, 2.24) is 4.90 Å². The fourth-order valence-electron chi connectivity index (χ4n) is 2.21. The summed E-state index contributed by atoms with van der Waals surface area (Å²) in [6.07, 6.45) is 2.48. The summed E-state index contributed by atoms with van der Waals surface area (Å²) >= 11 is 6.86. The van der Waals surface area contributed by atoms with Gasteiger partial charge in [0.2, 0.25) is 0 Å². The first-order valence-corrected chi connectivity index (χ1v) is 7.35. The van der Waals surface area contributed by atoms with Crippen LogP contribution >= 0.6 is 31.9 Å². The molecule has 1 saturated heterocycles. The number of hydrogen-bond donors (Lipinski definition) is 0. The molecule has 0 aromatic heterocycles. The Kier molecular flexibility index (Phi) is 4.39. The summed E-state index contributed by atoms with van der Waals surface area (Å²) in [6, 6.07) is 5.71. The van der Waals surface area contributed by atoms with Gasteiger partial charge in [-0.2, -0.15) is 0 Å². The number of hydrogen-bond acceptors (Lipinski definition) is 1. The lowest BCUT2D eigenvalue weighted by Gasteiger charge is -2.22. The van der Waals surface area contributed by atoms with E-state index in [1.54, 1.807) is 6.07 Å². The third-order valence-electron chi connectivity index (χ3n) is 2.99. The SMILES string of the molecule is Fc1cc(Br)cc(CN2CCCC2CBr)c1. The molecule has 0 bridgehead atoms. The van der Waals surface area contributed by atoms with Gasteiger partial charge in [0.15, 0.2) is 0 Å². The molecule has 1 atom stereocenters. The van der Waals surface area contributed by atoms with Crippen LogP contribution in [0.5, 0.6) is 0 Å². The van der Waals surface area contributed by atoms with Crippen LogP contribution in [0.4, 0.5) is 4.39 Å². The quantitative estimate of drug-likeness (QED) is 0.746. The van der Waals surface area contributed by atoms with Crippen molar-refractivity contribution in [3.8, 4) is 0 Å². The van der Waals surface area contributed by atoms with Crippen LogP contribution < -0.4 is 0 Å². The molecule has 0 spiro atoms. The van der Waals surface area contributed by atoms with Crippen LogP contribution in [0.1, 0.15) is 18.4 Å². The third-order valence-corrected chi connectivity index (χ3v) is 4.19. The average molecular weight is 351 g/mol. The Morgan fingerprint density at radius 1 is 1.38 bits per heavy atom. The van der Waals surface area contributed by atoms with Crippen LogP contribution in [0.15, 0.2) is 22.7 Å². The molecule has 88 valence electrons. The van der Waals surface area contributed by atoms with Gasteiger partial charge in [-0.3, -0.25) is 4.90 Å². The lowest BCUT2D eigenvalue weighted by atomic mass is 10.2. The summed E-state index contributed by atoms with van der Waals surface area (Å²) in [6.45, 7) is 1.96. The van der Waals surface area contributed by atoms with Gasteiger partial charge in [-0.05, 0) is 43.1 Å². The van der Waals surface area contributed by atoms with Crippen molar-refractivity contribution in [2.45, 2.75) is 25.4 Å². The van der Waals surface area contributed by atoms with Crippen LogP contribution in [-0.4, -0.2) is 22.8 Å². The minimum absolute atomic E-state index is 0.168. The molecule has 1 fully saturated rings. The third kappa shape index (κ3) is 3.05. The summed E-state index contributed by atoms with van der Waals surface area (Å²) < 4.78 is 14.0. The highest BCUT2D eigenvalue weighted by Gasteiger charge is 2.23. The van der Waals surface area contributed by atoms with E-state index in [2.05, 4.69) is 36.8 Å². The van der Waals surface area contributed by atoms with Crippen molar-refractivity contribution >= 4 is 31.9 Å². The molecule has 1 aliphatic heterocycles. The zero-order chi connectivity index (χ0) is 11.5. The van der Waals surface area contributed by atoms with E-state index in [4.69, 9.17) is 0 Å². The van der Waals surface area contributed by atoms with Crippen molar-refractivity contribution in [1.29, 1.82) is 0 Å². The zero-order valence-corrected chi connectivity index (χ0v) is 12.1. The minimum Gasteiger partial charge on any atom is -0.295 e. The average Bonchev–Trinajstić information content (AvgIpc) is 2.63.